The maximum atomic E-state index is 8.47. The molecule has 1 aromatic rings. The molecular weight excluding hydrogens is 302 g/mol. The van der Waals surface area contributed by atoms with E-state index in [2.05, 4.69) is 65.1 Å². The van der Waals surface area contributed by atoms with Crippen LogP contribution in [0.2, 0.25) is 0 Å². The lowest BCUT2D eigenvalue weighted by atomic mass is 9.93. The smallest absolute Gasteiger partial charge is 0.0391 e. The van der Waals surface area contributed by atoms with Gasteiger partial charge in [-0.05, 0) is 74.3 Å². The van der Waals surface area contributed by atoms with Gasteiger partial charge in [-0.2, -0.15) is 0 Å². The van der Waals surface area contributed by atoms with Crippen LogP contribution in [0.4, 0.5) is 0 Å². The molecule has 0 heterocycles. The van der Waals surface area contributed by atoms with E-state index in [9.17, 15) is 0 Å². The summed E-state index contributed by atoms with van der Waals surface area (Å²) in [6.45, 7) is 16.3. The zero-order valence-electron chi connectivity index (χ0n) is 16.4. The van der Waals surface area contributed by atoms with Crippen molar-refractivity contribution in [2.24, 2.45) is 0 Å². The van der Waals surface area contributed by atoms with Crippen molar-refractivity contribution in [2.75, 3.05) is 0 Å². The number of benzene rings is 1. The number of hydrogen-bond donors (Lipinski definition) is 1. The second-order valence-corrected chi connectivity index (χ2v) is 6.84. The van der Waals surface area contributed by atoms with Gasteiger partial charge in [0.2, 0.25) is 0 Å². The zero-order chi connectivity index (χ0) is 18.8. The van der Waals surface area contributed by atoms with Crippen LogP contribution in [0.1, 0.15) is 64.5 Å². The third-order valence-electron chi connectivity index (χ3n) is 4.42. The van der Waals surface area contributed by atoms with Crippen LogP contribution < -0.4 is 0 Å². The summed E-state index contributed by atoms with van der Waals surface area (Å²) in [7, 11) is 0. The van der Waals surface area contributed by atoms with Gasteiger partial charge in [-0.1, -0.05) is 68.5 Å². The van der Waals surface area contributed by atoms with E-state index in [-0.39, 0.29) is 0 Å². The minimum atomic E-state index is 0.701. The molecule has 0 radical (unpaired) electrons. The molecule has 1 aromatic carbocycles. The van der Waals surface area contributed by atoms with E-state index in [1.807, 2.05) is 6.08 Å². The van der Waals surface area contributed by atoms with Crippen LogP contribution in [-0.4, -0.2) is 5.71 Å². The number of aryl methyl sites for hydroxylation is 1. The maximum Gasteiger partial charge on any atom is 0.0391 e. The van der Waals surface area contributed by atoms with Crippen molar-refractivity contribution in [2.45, 2.75) is 59.8 Å². The third-order valence-corrected chi connectivity index (χ3v) is 4.42. The Morgan fingerprint density at radius 1 is 1.08 bits per heavy atom. The van der Waals surface area contributed by atoms with Crippen molar-refractivity contribution in [1.29, 1.82) is 5.41 Å². The molecule has 0 aliphatic heterocycles. The van der Waals surface area contributed by atoms with Gasteiger partial charge in [0.1, 0.15) is 0 Å². The quantitative estimate of drug-likeness (QED) is 0.342. The predicted molar refractivity (Wildman–Crippen MR) is 113 cm³/mol. The fourth-order valence-electron chi connectivity index (χ4n) is 3.03. The normalized spacial score (nSPS) is 11.1. The van der Waals surface area contributed by atoms with Gasteiger partial charge >= 0.3 is 0 Å². The van der Waals surface area contributed by atoms with Crippen LogP contribution in [0.5, 0.6) is 0 Å². The van der Waals surface area contributed by atoms with Crippen molar-refractivity contribution in [1.82, 2.24) is 0 Å². The van der Waals surface area contributed by atoms with Gasteiger partial charge in [0.05, 0.1) is 0 Å². The molecule has 0 fully saturated rings. The first-order valence-electron chi connectivity index (χ1n) is 9.22. The Labute approximate surface area is 154 Å². The average molecular weight is 336 g/mol. The molecule has 0 amide bonds. The molecule has 1 heteroatoms. The highest BCUT2D eigenvalue weighted by atomic mass is 14.4. The lowest BCUT2D eigenvalue weighted by Gasteiger charge is -2.13. The molecular formula is C24H33N. The summed E-state index contributed by atoms with van der Waals surface area (Å²) in [4.78, 5) is 0. The van der Waals surface area contributed by atoms with E-state index in [1.165, 1.54) is 35.1 Å². The highest BCUT2D eigenvalue weighted by molar-refractivity contribution is 6.02. The molecule has 0 aliphatic carbocycles. The fraction of sp³-hybridized carbons (Fsp3) is 0.375. The van der Waals surface area contributed by atoms with Crippen LogP contribution in [0, 0.1) is 5.41 Å². The molecule has 25 heavy (non-hydrogen) atoms. The molecule has 0 spiro atoms. The Morgan fingerprint density at radius 2 is 1.72 bits per heavy atom. The molecule has 0 unspecified atom stereocenters. The van der Waals surface area contributed by atoms with Crippen molar-refractivity contribution in [3.8, 4) is 0 Å². The molecule has 1 nitrogen and oxygen atoms in total. The lowest BCUT2D eigenvalue weighted by molar-refractivity contribution is 0.825. The Balaban J connectivity index is 2.73. The summed E-state index contributed by atoms with van der Waals surface area (Å²) in [5, 5.41) is 8.47. The number of hydrogen-bond acceptors (Lipinski definition) is 1. The molecule has 1 N–H and O–H groups in total. The Morgan fingerprint density at radius 3 is 2.24 bits per heavy atom. The maximum absolute atomic E-state index is 8.47. The first-order valence-corrected chi connectivity index (χ1v) is 9.22. The molecule has 134 valence electrons. The molecule has 1 rings (SSSR count). The molecule has 0 atom stereocenters. The van der Waals surface area contributed by atoms with Gasteiger partial charge in [-0.25, -0.2) is 0 Å². The van der Waals surface area contributed by atoms with Crippen molar-refractivity contribution in [3.63, 3.8) is 0 Å². The van der Waals surface area contributed by atoms with E-state index in [4.69, 9.17) is 5.41 Å². The second kappa shape index (κ2) is 10.7. The molecule has 0 bridgehead atoms. The van der Waals surface area contributed by atoms with Gasteiger partial charge < -0.3 is 5.41 Å². The largest absolute Gasteiger partial charge is 0.305 e. The summed E-state index contributed by atoms with van der Waals surface area (Å²) < 4.78 is 0. The van der Waals surface area contributed by atoms with Gasteiger partial charge in [0.25, 0.3) is 0 Å². The SMILES string of the molecule is C=C/C=C(/C)C(C(=N)CCc1ccc(C(=C)CCCC)cc1)=C(C)C. The summed E-state index contributed by atoms with van der Waals surface area (Å²) in [5.74, 6) is 0. The van der Waals surface area contributed by atoms with E-state index in [0.29, 0.717) is 5.71 Å². The minimum Gasteiger partial charge on any atom is -0.305 e. The van der Waals surface area contributed by atoms with Crippen molar-refractivity contribution < 1.29 is 0 Å². The molecule has 0 aromatic heterocycles. The molecule has 0 saturated carbocycles. The first-order chi connectivity index (χ1) is 11.9. The fourth-order valence-corrected chi connectivity index (χ4v) is 3.03. The highest BCUT2D eigenvalue weighted by Crippen LogP contribution is 2.21. The van der Waals surface area contributed by atoms with E-state index < -0.39 is 0 Å². The third kappa shape index (κ3) is 6.70. The van der Waals surface area contributed by atoms with Crippen LogP contribution >= 0.6 is 0 Å². The Kier molecular flexibility index (Phi) is 8.91. The Hall–Kier alpha value is -2.15. The average Bonchev–Trinajstić information content (AvgIpc) is 2.58. The zero-order valence-corrected chi connectivity index (χ0v) is 16.4. The minimum absolute atomic E-state index is 0.701. The number of rotatable bonds is 10. The number of unbranched alkanes of at least 4 members (excludes halogenated alkanes) is 1. The summed E-state index contributed by atoms with van der Waals surface area (Å²) in [6.07, 6.45) is 8.87. The van der Waals surface area contributed by atoms with Crippen molar-refractivity contribution in [3.05, 3.63) is 77.4 Å². The van der Waals surface area contributed by atoms with Crippen LogP contribution in [0.25, 0.3) is 5.57 Å². The van der Waals surface area contributed by atoms with Crippen LogP contribution in [0.3, 0.4) is 0 Å². The van der Waals surface area contributed by atoms with Gasteiger partial charge in [-0.15, -0.1) is 0 Å². The summed E-state index contributed by atoms with van der Waals surface area (Å²) >= 11 is 0. The standard InChI is InChI=1S/C24H33N/c1-7-9-11-19(5)22-15-12-21(13-16-22)14-17-23(25)24(18(3)4)20(6)10-8-2/h8,10,12-13,15-16,25H,2,5,7,9,11,14,17H2,1,3-4,6H3/b20-10-,25-23?. The van der Waals surface area contributed by atoms with E-state index >= 15 is 0 Å². The van der Waals surface area contributed by atoms with Crippen LogP contribution in [-0.2, 0) is 6.42 Å². The van der Waals surface area contributed by atoms with Gasteiger partial charge in [0.15, 0.2) is 0 Å². The molecule has 0 aliphatic rings. The monoisotopic (exact) mass is 335 g/mol. The topological polar surface area (TPSA) is 23.9 Å². The van der Waals surface area contributed by atoms with Gasteiger partial charge in [-0.3, -0.25) is 0 Å². The number of nitrogens with one attached hydrogen (secondary N) is 1. The van der Waals surface area contributed by atoms with Crippen LogP contribution in [0.15, 0.2) is 66.3 Å². The van der Waals surface area contributed by atoms with E-state index in [0.717, 1.165) is 30.4 Å². The van der Waals surface area contributed by atoms with E-state index in [1.54, 1.807) is 6.08 Å². The predicted octanol–water partition coefficient (Wildman–Crippen LogP) is 7.31. The van der Waals surface area contributed by atoms with Gasteiger partial charge in [0, 0.05) is 5.71 Å². The summed E-state index contributed by atoms with van der Waals surface area (Å²) in [5.41, 5.74) is 7.79. The lowest BCUT2D eigenvalue weighted by Crippen LogP contribution is -2.06. The highest BCUT2D eigenvalue weighted by Gasteiger charge is 2.09. The Bertz CT molecular complexity index is 665. The van der Waals surface area contributed by atoms with Crippen molar-refractivity contribution >= 4 is 11.3 Å². The summed E-state index contributed by atoms with van der Waals surface area (Å²) in [6, 6.07) is 8.69. The number of allylic oxidation sites excluding steroid dienone is 6. The first kappa shape index (κ1) is 20.9. The molecule has 0 saturated heterocycles. The second-order valence-electron chi connectivity index (χ2n) is 6.84.